The quantitative estimate of drug-likeness (QED) is 0.241. The predicted octanol–water partition coefficient (Wildman–Crippen LogP) is 4.14. The van der Waals surface area contributed by atoms with Crippen molar-refractivity contribution in [3.05, 3.63) is 72.9 Å². The fraction of sp³-hybridized carbons (Fsp3) is 0.120. The summed E-state index contributed by atoms with van der Waals surface area (Å²) >= 11 is 0. The second kappa shape index (κ2) is 9.16. The van der Waals surface area contributed by atoms with Crippen molar-refractivity contribution in [1.82, 2.24) is 23.8 Å². The Morgan fingerprint density at radius 1 is 1.22 bits per heavy atom. The highest BCUT2D eigenvalue weighted by Crippen LogP contribution is 2.33. The lowest BCUT2D eigenvalue weighted by atomic mass is 10.3. The SMILES string of the molecule is Cc1ccc(-c2nc3cnc4c(ccn4S(=O)(=O)c4ccccc4)c3n2/C(C=N)=C/NCCC#N)o1. The summed E-state index contributed by atoms with van der Waals surface area (Å²) in [7, 11) is -3.89. The minimum Gasteiger partial charge on any atom is -0.458 e. The molecule has 0 aliphatic heterocycles. The van der Waals surface area contributed by atoms with Crippen LogP contribution >= 0.6 is 0 Å². The topological polar surface area (TPSA) is 143 Å². The third-order valence-electron chi connectivity index (χ3n) is 5.59. The van der Waals surface area contributed by atoms with Crippen molar-refractivity contribution in [1.29, 1.82) is 10.7 Å². The smallest absolute Gasteiger partial charge is 0.269 e. The van der Waals surface area contributed by atoms with Crippen LogP contribution < -0.4 is 5.32 Å². The maximum Gasteiger partial charge on any atom is 0.269 e. The molecule has 0 spiro atoms. The van der Waals surface area contributed by atoms with Gasteiger partial charge >= 0.3 is 0 Å². The molecular weight excluding hydrogens is 478 g/mol. The van der Waals surface area contributed by atoms with Crippen LogP contribution in [0.2, 0.25) is 0 Å². The van der Waals surface area contributed by atoms with Gasteiger partial charge in [-0.05, 0) is 37.3 Å². The van der Waals surface area contributed by atoms with E-state index in [2.05, 4.69) is 16.4 Å². The van der Waals surface area contributed by atoms with Crippen LogP contribution in [0.15, 0.2) is 76.4 Å². The Morgan fingerprint density at radius 3 is 2.72 bits per heavy atom. The van der Waals surface area contributed by atoms with Crippen molar-refractivity contribution in [3.63, 3.8) is 0 Å². The van der Waals surface area contributed by atoms with Crippen molar-refractivity contribution in [3.8, 4) is 17.7 Å². The highest BCUT2D eigenvalue weighted by Gasteiger charge is 2.24. The number of furan rings is 1. The molecule has 0 saturated carbocycles. The zero-order valence-electron chi connectivity index (χ0n) is 19.2. The van der Waals surface area contributed by atoms with Crippen LogP contribution in [0.4, 0.5) is 0 Å². The Morgan fingerprint density at radius 2 is 2.03 bits per heavy atom. The number of pyridine rings is 1. The molecule has 2 N–H and O–H groups in total. The Hall–Kier alpha value is -4.69. The van der Waals surface area contributed by atoms with Crippen molar-refractivity contribution < 1.29 is 12.8 Å². The summed E-state index contributed by atoms with van der Waals surface area (Å²) in [6.07, 6.45) is 6.05. The fourth-order valence-corrected chi connectivity index (χ4v) is 5.29. The van der Waals surface area contributed by atoms with Crippen LogP contribution in [0.25, 0.3) is 39.3 Å². The van der Waals surface area contributed by atoms with E-state index in [9.17, 15) is 8.42 Å². The minimum atomic E-state index is -3.89. The van der Waals surface area contributed by atoms with Crippen LogP contribution in [-0.4, -0.2) is 39.7 Å². The van der Waals surface area contributed by atoms with Crippen molar-refractivity contribution in [2.45, 2.75) is 18.2 Å². The minimum absolute atomic E-state index is 0.145. The van der Waals surface area contributed by atoms with Crippen molar-refractivity contribution >= 4 is 44.0 Å². The second-order valence-electron chi connectivity index (χ2n) is 7.92. The summed E-state index contributed by atoms with van der Waals surface area (Å²) in [6, 6.07) is 15.5. The van der Waals surface area contributed by atoms with Gasteiger partial charge in [-0.25, -0.2) is 22.4 Å². The summed E-state index contributed by atoms with van der Waals surface area (Å²) in [5.41, 5.74) is 1.73. The van der Waals surface area contributed by atoms with Gasteiger partial charge in [-0.3, -0.25) is 4.57 Å². The van der Waals surface area contributed by atoms with Gasteiger partial charge in [0.25, 0.3) is 10.0 Å². The molecule has 0 fully saturated rings. The third kappa shape index (κ3) is 3.83. The number of hydrogen-bond donors (Lipinski definition) is 2. The molecule has 10 nitrogen and oxygen atoms in total. The van der Waals surface area contributed by atoms with Crippen LogP contribution in [0.3, 0.4) is 0 Å². The fourth-order valence-electron chi connectivity index (χ4n) is 3.97. The standard InChI is InChI=1S/C25H21N7O3S/c1-17-8-9-22(35-17)25-30-21-16-29-24-20(23(21)32(25)18(14-27)15-28-12-5-11-26)10-13-31(24)36(33,34)19-6-3-2-4-7-19/h2-4,6-10,13-16,27-28H,5,12H2,1H3/b18-15+,27-14?. The Bertz CT molecular complexity index is 1770. The van der Waals surface area contributed by atoms with E-state index in [1.165, 1.54) is 24.5 Å². The highest BCUT2D eigenvalue weighted by molar-refractivity contribution is 7.90. The van der Waals surface area contributed by atoms with E-state index in [1.54, 1.807) is 41.1 Å². The van der Waals surface area contributed by atoms with E-state index in [0.717, 1.165) is 10.2 Å². The molecule has 11 heteroatoms. The molecular formula is C25H21N7O3S. The Balaban J connectivity index is 1.78. The van der Waals surface area contributed by atoms with E-state index in [0.29, 0.717) is 52.4 Å². The molecule has 0 radical (unpaired) electrons. The maximum absolute atomic E-state index is 13.4. The molecule has 0 aliphatic carbocycles. The van der Waals surface area contributed by atoms with Crippen LogP contribution in [0, 0.1) is 23.7 Å². The molecule has 4 aromatic heterocycles. The average molecular weight is 500 g/mol. The summed E-state index contributed by atoms with van der Waals surface area (Å²) in [5.74, 6) is 1.61. The number of nitrogens with zero attached hydrogens (tertiary/aromatic N) is 5. The molecule has 0 atom stereocenters. The third-order valence-corrected chi connectivity index (χ3v) is 7.27. The molecule has 0 aliphatic rings. The first kappa shape index (κ1) is 23.1. The van der Waals surface area contributed by atoms with Gasteiger partial charge in [-0.2, -0.15) is 5.26 Å². The number of nitrogens with one attached hydrogen (secondary N) is 2. The van der Waals surface area contributed by atoms with Gasteiger partial charge in [-0.1, -0.05) is 18.2 Å². The molecule has 0 amide bonds. The molecule has 0 unspecified atom stereocenters. The maximum atomic E-state index is 13.4. The lowest BCUT2D eigenvalue weighted by molar-refractivity contribution is 0.543. The lowest BCUT2D eigenvalue weighted by Gasteiger charge is -2.10. The Kier molecular flexibility index (Phi) is 5.87. The summed E-state index contributed by atoms with van der Waals surface area (Å²) in [4.78, 5) is 9.29. The monoisotopic (exact) mass is 499 g/mol. The van der Waals surface area contributed by atoms with E-state index in [-0.39, 0.29) is 10.5 Å². The first-order chi connectivity index (χ1) is 17.5. The van der Waals surface area contributed by atoms with Gasteiger partial charge in [0.1, 0.15) is 11.3 Å². The van der Waals surface area contributed by atoms with E-state index < -0.39 is 10.0 Å². The highest BCUT2D eigenvalue weighted by atomic mass is 32.2. The van der Waals surface area contributed by atoms with Gasteiger partial charge in [0, 0.05) is 30.5 Å². The molecule has 36 heavy (non-hydrogen) atoms. The predicted molar refractivity (Wildman–Crippen MR) is 136 cm³/mol. The lowest BCUT2D eigenvalue weighted by Crippen LogP contribution is -2.12. The number of fused-ring (bicyclic) bond motifs is 3. The van der Waals surface area contributed by atoms with E-state index in [4.69, 9.17) is 20.1 Å². The molecule has 1 aromatic carbocycles. The molecule has 5 rings (SSSR count). The second-order valence-corrected chi connectivity index (χ2v) is 9.73. The van der Waals surface area contributed by atoms with Crippen LogP contribution in [-0.2, 0) is 10.0 Å². The van der Waals surface area contributed by atoms with Gasteiger partial charge in [0.2, 0.25) is 0 Å². The van der Waals surface area contributed by atoms with Gasteiger partial charge < -0.3 is 15.1 Å². The summed E-state index contributed by atoms with van der Waals surface area (Å²) in [6.45, 7) is 2.22. The number of aromatic nitrogens is 4. The van der Waals surface area contributed by atoms with Crippen molar-refractivity contribution in [2.24, 2.45) is 0 Å². The van der Waals surface area contributed by atoms with Gasteiger partial charge in [-0.15, -0.1) is 0 Å². The number of allylic oxidation sites excluding steroid dienone is 1. The first-order valence-electron chi connectivity index (χ1n) is 11.0. The zero-order chi connectivity index (χ0) is 25.3. The van der Waals surface area contributed by atoms with Crippen LogP contribution in [0.5, 0.6) is 0 Å². The van der Waals surface area contributed by atoms with E-state index in [1.807, 2.05) is 13.0 Å². The van der Waals surface area contributed by atoms with E-state index >= 15 is 0 Å². The summed E-state index contributed by atoms with van der Waals surface area (Å²) < 4.78 is 35.4. The van der Waals surface area contributed by atoms with Crippen LogP contribution in [0.1, 0.15) is 12.2 Å². The summed E-state index contributed by atoms with van der Waals surface area (Å²) in [5, 5.41) is 20.5. The van der Waals surface area contributed by atoms with Gasteiger partial charge in [0.05, 0.1) is 34.8 Å². The van der Waals surface area contributed by atoms with Crippen molar-refractivity contribution in [2.75, 3.05) is 6.54 Å². The Labute approximate surface area is 206 Å². The molecule has 5 aromatic rings. The number of hydrogen-bond acceptors (Lipinski definition) is 8. The van der Waals surface area contributed by atoms with Gasteiger partial charge in [0.15, 0.2) is 17.2 Å². The molecule has 4 heterocycles. The molecule has 0 bridgehead atoms. The number of aryl methyl sites for hydroxylation is 1. The number of benzene rings is 1. The largest absolute Gasteiger partial charge is 0.458 e. The number of imidazole rings is 1. The molecule has 180 valence electrons. The number of rotatable bonds is 8. The zero-order valence-corrected chi connectivity index (χ0v) is 20.0. The average Bonchev–Trinajstić information content (AvgIpc) is 3.61. The normalized spacial score (nSPS) is 12.2. The first-order valence-corrected chi connectivity index (χ1v) is 12.5. The molecule has 0 saturated heterocycles. The number of nitriles is 1.